The zero-order chi connectivity index (χ0) is 19.7. The third-order valence-corrected chi connectivity index (χ3v) is 4.56. The van der Waals surface area contributed by atoms with Crippen LogP contribution in [-0.4, -0.2) is 57.4 Å². The molecule has 0 aromatic heterocycles. The molecular weight excluding hydrogens is 465 g/mol. The van der Waals surface area contributed by atoms with Gasteiger partial charge in [0.2, 0.25) is 0 Å². The zero-order valence-electron chi connectivity index (χ0n) is 18.0. The van der Waals surface area contributed by atoms with E-state index in [9.17, 15) is 0 Å². The van der Waals surface area contributed by atoms with Crippen LogP contribution in [0.2, 0.25) is 0 Å². The van der Waals surface area contributed by atoms with Crippen molar-refractivity contribution in [2.24, 2.45) is 4.99 Å². The van der Waals surface area contributed by atoms with E-state index >= 15 is 0 Å². The van der Waals surface area contributed by atoms with Crippen molar-refractivity contribution >= 4 is 35.6 Å². The summed E-state index contributed by atoms with van der Waals surface area (Å²) in [4.78, 5) is 7.15. The van der Waals surface area contributed by atoms with Gasteiger partial charge in [-0.15, -0.1) is 24.0 Å². The molecular formula is C21H38IN5O. The number of ether oxygens (including phenoxy) is 1. The van der Waals surface area contributed by atoms with Crippen LogP contribution >= 0.6 is 24.0 Å². The highest BCUT2D eigenvalue weighted by Gasteiger charge is 2.21. The Hall–Kier alpha value is -1.22. The van der Waals surface area contributed by atoms with Crippen LogP contribution in [-0.2, 0) is 0 Å². The fourth-order valence-corrected chi connectivity index (χ4v) is 3.25. The number of guanidine groups is 1. The van der Waals surface area contributed by atoms with E-state index in [1.165, 1.54) is 12.1 Å². The fourth-order valence-electron chi connectivity index (χ4n) is 3.25. The van der Waals surface area contributed by atoms with Crippen LogP contribution < -0.4 is 25.6 Å². The van der Waals surface area contributed by atoms with E-state index in [0.29, 0.717) is 6.04 Å². The number of hydrogen-bond donors (Lipinski definition) is 3. The van der Waals surface area contributed by atoms with Crippen LogP contribution in [0.1, 0.15) is 40.5 Å². The van der Waals surface area contributed by atoms with Crippen molar-refractivity contribution in [1.29, 1.82) is 0 Å². The second-order valence-corrected chi connectivity index (χ2v) is 8.07. The molecule has 0 amide bonds. The van der Waals surface area contributed by atoms with Crippen molar-refractivity contribution in [2.45, 2.75) is 52.1 Å². The van der Waals surface area contributed by atoms with Gasteiger partial charge in [0, 0.05) is 49.5 Å². The number of halogens is 1. The van der Waals surface area contributed by atoms with Crippen molar-refractivity contribution in [3.63, 3.8) is 0 Å². The second-order valence-electron chi connectivity index (χ2n) is 8.07. The average molecular weight is 503 g/mol. The molecule has 28 heavy (non-hydrogen) atoms. The normalized spacial score (nSPS) is 17.7. The summed E-state index contributed by atoms with van der Waals surface area (Å²) in [7, 11) is 1.72. The predicted molar refractivity (Wildman–Crippen MR) is 131 cm³/mol. The highest BCUT2D eigenvalue weighted by molar-refractivity contribution is 14.0. The highest BCUT2D eigenvalue weighted by Crippen LogP contribution is 2.24. The zero-order valence-corrected chi connectivity index (χ0v) is 20.4. The molecule has 1 fully saturated rings. The van der Waals surface area contributed by atoms with Crippen molar-refractivity contribution in [3.05, 3.63) is 24.3 Å². The number of benzene rings is 1. The Morgan fingerprint density at radius 1 is 1.32 bits per heavy atom. The molecule has 160 valence electrons. The molecule has 0 spiro atoms. The predicted octanol–water partition coefficient (Wildman–Crippen LogP) is 3.23. The number of hydrogen-bond acceptors (Lipinski definition) is 4. The van der Waals surface area contributed by atoms with E-state index in [2.05, 4.69) is 66.7 Å². The number of nitrogens with one attached hydrogen (secondary N) is 3. The van der Waals surface area contributed by atoms with E-state index in [1.807, 2.05) is 6.07 Å². The summed E-state index contributed by atoms with van der Waals surface area (Å²) >= 11 is 0. The van der Waals surface area contributed by atoms with Crippen molar-refractivity contribution in [1.82, 2.24) is 16.0 Å². The number of methoxy groups -OCH3 is 1. The van der Waals surface area contributed by atoms with Gasteiger partial charge in [0.05, 0.1) is 13.7 Å². The molecule has 1 aliphatic rings. The summed E-state index contributed by atoms with van der Waals surface area (Å²) in [5.74, 6) is 1.81. The number of anilines is 1. The summed E-state index contributed by atoms with van der Waals surface area (Å²) in [6.07, 6.45) is 2.32. The Bertz CT molecular complexity index is 603. The molecule has 1 heterocycles. The quantitative estimate of drug-likeness (QED) is 0.231. The number of aliphatic imine (C=N–C) groups is 1. The lowest BCUT2D eigenvalue weighted by Crippen LogP contribution is -2.51. The van der Waals surface area contributed by atoms with Gasteiger partial charge in [0.1, 0.15) is 5.75 Å². The Balaban J connectivity index is 0.00000392. The molecule has 6 nitrogen and oxygen atoms in total. The van der Waals surface area contributed by atoms with Crippen LogP contribution in [0.25, 0.3) is 0 Å². The monoisotopic (exact) mass is 503 g/mol. The first-order valence-electron chi connectivity index (χ1n) is 10.1. The maximum absolute atomic E-state index is 5.37. The number of piperidine rings is 1. The second kappa shape index (κ2) is 12.4. The minimum atomic E-state index is 0. The van der Waals surface area contributed by atoms with Gasteiger partial charge in [0.25, 0.3) is 0 Å². The third-order valence-electron chi connectivity index (χ3n) is 4.56. The minimum absolute atomic E-state index is 0. The molecule has 0 radical (unpaired) electrons. The van der Waals surface area contributed by atoms with Crippen LogP contribution in [0.5, 0.6) is 5.75 Å². The van der Waals surface area contributed by atoms with Gasteiger partial charge >= 0.3 is 0 Å². The van der Waals surface area contributed by atoms with Gasteiger partial charge in [-0.25, -0.2) is 0 Å². The summed E-state index contributed by atoms with van der Waals surface area (Å²) in [6, 6.07) is 8.70. The number of nitrogens with zero attached hydrogens (tertiary/aromatic N) is 2. The molecule has 1 aliphatic heterocycles. The smallest absolute Gasteiger partial charge is 0.191 e. The van der Waals surface area contributed by atoms with E-state index < -0.39 is 0 Å². The molecule has 3 N–H and O–H groups in total. The Kier molecular flexibility index (Phi) is 11.0. The van der Waals surface area contributed by atoms with Crippen molar-refractivity contribution < 1.29 is 4.74 Å². The molecule has 1 aromatic rings. The standard InChI is InChI=1S/C21H37N5O.HI/c1-6-22-20(23-12-13-24-21(2,3)4)25-17-9-8-14-26(16-17)18-10-7-11-19(15-18)27-5;/h7,10-11,15,17,24H,6,8-9,12-14,16H2,1-5H3,(H2,22,23,25);1H. The summed E-state index contributed by atoms with van der Waals surface area (Å²) in [5.41, 5.74) is 1.35. The average Bonchev–Trinajstić information content (AvgIpc) is 2.65. The van der Waals surface area contributed by atoms with Gasteiger partial charge in [-0.3, -0.25) is 4.99 Å². The maximum atomic E-state index is 5.37. The van der Waals surface area contributed by atoms with Crippen molar-refractivity contribution in [2.75, 3.05) is 44.7 Å². The minimum Gasteiger partial charge on any atom is -0.497 e. The first kappa shape index (κ1) is 24.8. The molecule has 7 heteroatoms. The lowest BCUT2D eigenvalue weighted by Gasteiger charge is -2.35. The molecule has 0 aliphatic carbocycles. The van der Waals surface area contributed by atoms with Gasteiger partial charge < -0.3 is 25.6 Å². The van der Waals surface area contributed by atoms with Gasteiger partial charge in [-0.05, 0) is 52.7 Å². The molecule has 1 saturated heterocycles. The van der Waals surface area contributed by atoms with Crippen LogP contribution in [0.4, 0.5) is 5.69 Å². The largest absolute Gasteiger partial charge is 0.497 e. The number of rotatable bonds is 7. The Morgan fingerprint density at radius 2 is 2.11 bits per heavy atom. The lowest BCUT2D eigenvalue weighted by molar-refractivity contribution is 0.414. The van der Waals surface area contributed by atoms with Gasteiger partial charge in [-0.2, -0.15) is 0 Å². The van der Waals surface area contributed by atoms with E-state index in [4.69, 9.17) is 9.73 Å². The summed E-state index contributed by atoms with van der Waals surface area (Å²) < 4.78 is 5.37. The molecule has 1 aromatic carbocycles. The SMILES string of the molecule is CCNC(=NCCNC(C)(C)C)NC1CCCN(c2cccc(OC)c2)C1.I. The molecule has 1 atom stereocenters. The topological polar surface area (TPSA) is 60.9 Å². The molecule has 2 rings (SSSR count). The van der Waals surface area contributed by atoms with Crippen molar-refractivity contribution in [3.8, 4) is 5.75 Å². The maximum Gasteiger partial charge on any atom is 0.191 e. The Labute approximate surface area is 187 Å². The van der Waals surface area contributed by atoms with Crippen LogP contribution in [0.15, 0.2) is 29.3 Å². The van der Waals surface area contributed by atoms with Gasteiger partial charge in [0.15, 0.2) is 5.96 Å². The van der Waals surface area contributed by atoms with Crippen LogP contribution in [0.3, 0.4) is 0 Å². The van der Waals surface area contributed by atoms with Gasteiger partial charge in [-0.1, -0.05) is 6.07 Å². The van der Waals surface area contributed by atoms with E-state index in [0.717, 1.165) is 50.9 Å². The van der Waals surface area contributed by atoms with E-state index in [-0.39, 0.29) is 29.5 Å². The highest BCUT2D eigenvalue weighted by atomic mass is 127. The summed E-state index contributed by atoms with van der Waals surface area (Å²) in [6.45, 7) is 13.2. The molecule has 0 saturated carbocycles. The third kappa shape index (κ3) is 8.86. The van der Waals surface area contributed by atoms with E-state index in [1.54, 1.807) is 7.11 Å². The first-order chi connectivity index (χ1) is 12.9. The molecule has 1 unspecified atom stereocenters. The fraction of sp³-hybridized carbons (Fsp3) is 0.667. The first-order valence-corrected chi connectivity index (χ1v) is 10.1. The molecule has 0 bridgehead atoms. The van der Waals surface area contributed by atoms with Crippen LogP contribution in [0, 0.1) is 0 Å². The Morgan fingerprint density at radius 3 is 2.79 bits per heavy atom. The summed E-state index contributed by atoms with van der Waals surface area (Å²) in [5, 5.41) is 10.5. The lowest BCUT2D eigenvalue weighted by atomic mass is 10.0.